The number of rotatable bonds is 5. The molecule has 0 spiro atoms. The second-order valence-electron chi connectivity index (χ2n) is 6.78. The van der Waals surface area contributed by atoms with Crippen LogP contribution in [0.1, 0.15) is 24.2 Å². The van der Waals surface area contributed by atoms with Gasteiger partial charge < -0.3 is 19.7 Å². The first-order valence-electron chi connectivity index (χ1n) is 9.06. The monoisotopic (exact) mass is 348 g/mol. The molecule has 7 heteroatoms. The summed E-state index contributed by atoms with van der Waals surface area (Å²) in [5.74, 6) is 0.822. The van der Waals surface area contributed by atoms with E-state index in [1.165, 1.54) is 0 Å². The van der Waals surface area contributed by atoms with Crippen molar-refractivity contribution in [2.75, 3.05) is 57.4 Å². The highest BCUT2D eigenvalue weighted by Gasteiger charge is 2.23. The Kier molecular flexibility index (Phi) is 6.23. The van der Waals surface area contributed by atoms with Gasteiger partial charge >= 0.3 is 0 Å². The highest BCUT2D eigenvalue weighted by atomic mass is 16.5. The molecular weight excluding hydrogens is 320 g/mol. The third-order valence-electron chi connectivity index (χ3n) is 4.57. The van der Waals surface area contributed by atoms with Crippen molar-refractivity contribution < 1.29 is 14.3 Å². The van der Waals surface area contributed by atoms with Crippen LogP contribution in [0.3, 0.4) is 0 Å². The van der Waals surface area contributed by atoms with Gasteiger partial charge in [0.1, 0.15) is 5.82 Å². The van der Waals surface area contributed by atoms with Gasteiger partial charge in [-0.3, -0.25) is 9.69 Å². The molecule has 3 rings (SSSR count). The number of nitrogens with one attached hydrogen (secondary N) is 1. The second kappa shape index (κ2) is 8.60. The first-order chi connectivity index (χ1) is 12.1. The topological polar surface area (TPSA) is 66.9 Å². The van der Waals surface area contributed by atoms with Crippen molar-refractivity contribution in [2.24, 2.45) is 0 Å². The minimum Gasteiger partial charge on any atom is -0.379 e. The maximum absolute atomic E-state index is 12.3. The molecule has 7 nitrogen and oxygen atoms in total. The van der Waals surface area contributed by atoms with Crippen LogP contribution in [0.5, 0.6) is 0 Å². The van der Waals surface area contributed by atoms with Crippen molar-refractivity contribution in [1.29, 1.82) is 0 Å². The number of hydrogen-bond acceptors (Lipinski definition) is 6. The second-order valence-corrected chi connectivity index (χ2v) is 6.78. The lowest BCUT2D eigenvalue weighted by Crippen LogP contribution is -2.45. The number of aromatic nitrogens is 1. The molecule has 2 saturated heterocycles. The molecule has 25 heavy (non-hydrogen) atoms. The zero-order chi connectivity index (χ0) is 17.6. The highest BCUT2D eigenvalue weighted by Crippen LogP contribution is 2.18. The summed E-state index contributed by atoms with van der Waals surface area (Å²) in [6, 6.07) is 3.76. The Balaban J connectivity index is 1.48. The number of anilines is 1. The summed E-state index contributed by atoms with van der Waals surface area (Å²) in [6.45, 7) is 10.7. The van der Waals surface area contributed by atoms with Crippen LogP contribution >= 0.6 is 0 Å². The lowest BCUT2D eigenvalue weighted by atomic mass is 10.2. The van der Waals surface area contributed by atoms with Gasteiger partial charge in [-0.15, -0.1) is 0 Å². The van der Waals surface area contributed by atoms with Gasteiger partial charge in [0.25, 0.3) is 5.91 Å². The van der Waals surface area contributed by atoms with E-state index in [2.05, 4.69) is 33.9 Å². The van der Waals surface area contributed by atoms with E-state index < -0.39 is 0 Å². The van der Waals surface area contributed by atoms with Crippen molar-refractivity contribution in [2.45, 2.75) is 26.1 Å². The van der Waals surface area contributed by atoms with Gasteiger partial charge in [0, 0.05) is 45.5 Å². The van der Waals surface area contributed by atoms with Crippen LogP contribution in [0.25, 0.3) is 0 Å². The normalized spacial score (nSPS) is 25.0. The van der Waals surface area contributed by atoms with Gasteiger partial charge in [-0.2, -0.15) is 0 Å². The van der Waals surface area contributed by atoms with Crippen LogP contribution in [-0.2, 0) is 9.47 Å². The molecule has 1 aromatic rings. The summed E-state index contributed by atoms with van der Waals surface area (Å²) in [6.07, 6.45) is 2.03. The minimum atomic E-state index is -0.0731. The van der Waals surface area contributed by atoms with E-state index in [1.807, 2.05) is 12.1 Å². The molecule has 2 fully saturated rings. The maximum Gasteiger partial charge on any atom is 0.252 e. The van der Waals surface area contributed by atoms with Crippen LogP contribution in [-0.4, -0.2) is 80.5 Å². The summed E-state index contributed by atoms with van der Waals surface area (Å²) in [4.78, 5) is 21.2. The number of carbonyl (C=O) groups is 1. The molecule has 0 aromatic carbocycles. The molecule has 3 heterocycles. The van der Waals surface area contributed by atoms with Gasteiger partial charge in [-0.25, -0.2) is 4.98 Å². The predicted molar refractivity (Wildman–Crippen MR) is 96.1 cm³/mol. The van der Waals surface area contributed by atoms with Gasteiger partial charge in [-0.05, 0) is 26.0 Å². The van der Waals surface area contributed by atoms with Crippen molar-refractivity contribution >= 4 is 11.7 Å². The Labute approximate surface area is 149 Å². The van der Waals surface area contributed by atoms with Gasteiger partial charge in [-0.1, -0.05) is 0 Å². The van der Waals surface area contributed by atoms with Crippen LogP contribution < -0.4 is 10.2 Å². The zero-order valence-corrected chi connectivity index (χ0v) is 15.1. The molecule has 138 valence electrons. The summed E-state index contributed by atoms with van der Waals surface area (Å²) in [5.41, 5.74) is 0.597. The molecular formula is C18H28N4O3. The number of pyridine rings is 1. The van der Waals surface area contributed by atoms with Crippen LogP contribution in [0.2, 0.25) is 0 Å². The van der Waals surface area contributed by atoms with E-state index in [1.54, 1.807) is 6.20 Å². The van der Waals surface area contributed by atoms with Crippen molar-refractivity contribution in [3.63, 3.8) is 0 Å². The van der Waals surface area contributed by atoms with Gasteiger partial charge in [0.05, 0.1) is 31.0 Å². The number of amides is 1. The SMILES string of the molecule is CC1CN(c2ccc(C(=O)NCCN3CCOCC3)cn2)CC(C)O1. The summed E-state index contributed by atoms with van der Waals surface area (Å²) < 4.78 is 11.1. The third-order valence-corrected chi connectivity index (χ3v) is 4.57. The lowest BCUT2D eigenvalue weighted by Gasteiger charge is -2.36. The van der Waals surface area contributed by atoms with Gasteiger partial charge in [0.2, 0.25) is 0 Å². The van der Waals surface area contributed by atoms with E-state index in [-0.39, 0.29) is 18.1 Å². The Morgan fingerprint density at radius 2 is 1.96 bits per heavy atom. The van der Waals surface area contributed by atoms with E-state index in [0.29, 0.717) is 12.1 Å². The molecule has 0 saturated carbocycles. The number of morpholine rings is 2. The Bertz CT molecular complexity index is 550. The number of hydrogen-bond donors (Lipinski definition) is 1. The van der Waals surface area contributed by atoms with Crippen molar-refractivity contribution in [3.05, 3.63) is 23.9 Å². The van der Waals surface area contributed by atoms with Gasteiger partial charge in [0.15, 0.2) is 0 Å². The predicted octanol–water partition coefficient (Wildman–Crippen LogP) is 0.757. The zero-order valence-electron chi connectivity index (χ0n) is 15.1. The fraction of sp³-hybridized carbons (Fsp3) is 0.667. The quantitative estimate of drug-likeness (QED) is 0.847. The van der Waals surface area contributed by atoms with Crippen molar-refractivity contribution in [3.8, 4) is 0 Å². The minimum absolute atomic E-state index is 0.0731. The standard InChI is InChI=1S/C18H28N4O3/c1-14-12-22(13-15(2)25-14)17-4-3-16(11-20-17)18(23)19-5-6-21-7-9-24-10-8-21/h3-4,11,14-15H,5-10,12-13H2,1-2H3,(H,19,23). The first kappa shape index (κ1) is 18.1. The number of ether oxygens (including phenoxy) is 2. The maximum atomic E-state index is 12.3. The van der Waals surface area contributed by atoms with E-state index >= 15 is 0 Å². The number of carbonyl (C=O) groups excluding carboxylic acids is 1. The molecule has 0 bridgehead atoms. The molecule has 2 aliphatic rings. The molecule has 0 aliphatic carbocycles. The van der Waals surface area contributed by atoms with E-state index in [4.69, 9.17) is 9.47 Å². The smallest absolute Gasteiger partial charge is 0.252 e. The molecule has 1 aromatic heterocycles. The van der Waals surface area contributed by atoms with Crippen LogP contribution in [0.4, 0.5) is 5.82 Å². The average molecular weight is 348 g/mol. The summed E-state index contributed by atoms with van der Waals surface area (Å²) in [7, 11) is 0. The molecule has 2 unspecified atom stereocenters. The van der Waals surface area contributed by atoms with Crippen LogP contribution in [0, 0.1) is 0 Å². The number of nitrogens with zero attached hydrogens (tertiary/aromatic N) is 3. The fourth-order valence-corrected chi connectivity index (χ4v) is 3.33. The fourth-order valence-electron chi connectivity index (χ4n) is 3.33. The summed E-state index contributed by atoms with van der Waals surface area (Å²) in [5, 5.41) is 2.96. The van der Waals surface area contributed by atoms with Crippen LogP contribution in [0.15, 0.2) is 18.3 Å². The average Bonchev–Trinajstić information content (AvgIpc) is 2.62. The highest BCUT2D eigenvalue weighted by molar-refractivity contribution is 5.94. The first-order valence-corrected chi connectivity index (χ1v) is 9.06. The van der Waals surface area contributed by atoms with E-state index in [0.717, 1.165) is 51.8 Å². The molecule has 1 amide bonds. The molecule has 0 radical (unpaired) electrons. The molecule has 2 aliphatic heterocycles. The lowest BCUT2D eigenvalue weighted by molar-refractivity contribution is -0.00546. The molecule has 1 N–H and O–H groups in total. The Hall–Kier alpha value is -1.70. The summed E-state index contributed by atoms with van der Waals surface area (Å²) >= 11 is 0. The van der Waals surface area contributed by atoms with Crippen molar-refractivity contribution in [1.82, 2.24) is 15.2 Å². The molecule has 2 atom stereocenters. The largest absolute Gasteiger partial charge is 0.379 e. The van der Waals surface area contributed by atoms with E-state index in [9.17, 15) is 4.79 Å². The third kappa shape index (κ3) is 5.14. The Morgan fingerprint density at radius 1 is 1.24 bits per heavy atom. The Morgan fingerprint density at radius 3 is 2.60 bits per heavy atom.